The van der Waals surface area contributed by atoms with Crippen molar-refractivity contribution < 1.29 is 0 Å². The Kier molecular flexibility index (Phi) is 3.50. The molecule has 1 aromatic rings. The van der Waals surface area contributed by atoms with Crippen molar-refractivity contribution in [3.05, 3.63) is 24.0 Å². The van der Waals surface area contributed by atoms with E-state index in [0.717, 1.165) is 12.1 Å². The summed E-state index contributed by atoms with van der Waals surface area (Å²) in [4.78, 5) is 4.16. The van der Waals surface area contributed by atoms with Gasteiger partial charge in [-0.05, 0) is 29.9 Å². The summed E-state index contributed by atoms with van der Waals surface area (Å²) < 4.78 is 0. The molecular weight excluding hydrogens is 172 g/mol. The molecular formula is C12H20N2. The molecule has 0 aliphatic carbocycles. The van der Waals surface area contributed by atoms with Crippen LogP contribution >= 0.6 is 0 Å². The zero-order valence-corrected chi connectivity index (χ0v) is 9.38. The van der Waals surface area contributed by atoms with Gasteiger partial charge in [0.05, 0.1) is 5.69 Å². The third kappa shape index (κ3) is 2.25. The molecule has 0 saturated heterocycles. The van der Waals surface area contributed by atoms with E-state index in [2.05, 4.69) is 25.8 Å². The van der Waals surface area contributed by atoms with Gasteiger partial charge in [0.2, 0.25) is 0 Å². The predicted octanol–water partition coefficient (Wildman–Crippen LogP) is 3.13. The highest BCUT2D eigenvalue weighted by atomic mass is 14.7. The largest absolute Gasteiger partial charge is 0.397 e. The lowest BCUT2D eigenvalue weighted by atomic mass is 9.77. The first kappa shape index (κ1) is 11.0. The van der Waals surface area contributed by atoms with E-state index in [4.69, 9.17) is 5.73 Å². The third-order valence-corrected chi connectivity index (χ3v) is 3.04. The molecule has 0 radical (unpaired) electrons. The van der Waals surface area contributed by atoms with Crippen molar-refractivity contribution in [3.8, 4) is 0 Å². The van der Waals surface area contributed by atoms with E-state index >= 15 is 0 Å². The Balaban J connectivity index is 2.99. The smallest absolute Gasteiger partial charge is 0.0503 e. The maximum atomic E-state index is 5.74. The quantitative estimate of drug-likeness (QED) is 0.796. The van der Waals surface area contributed by atoms with Crippen LogP contribution in [0.4, 0.5) is 5.69 Å². The number of hydrogen-bond acceptors (Lipinski definition) is 2. The number of aromatic nitrogens is 1. The Morgan fingerprint density at radius 1 is 1.36 bits per heavy atom. The SMILES string of the molecule is CCCC(C)(CC)c1cncc(N)c1. The number of rotatable bonds is 4. The molecule has 0 spiro atoms. The summed E-state index contributed by atoms with van der Waals surface area (Å²) >= 11 is 0. The highest BCUT2D eigenvalue weighted by molar-refractivity contribution is 5.39. The molecule has 0 aliphatic rings. The molecule has 1 atom stereocenters. The summed E-state index contributed by atoms with van der Waals surface area (Å²) in [5.41, 5.74) is 8.00. The average Bonchev–Trinajstić information content (AvgIpc) is 2.18. The van der Waals surface area contributed by atoms with Gasteiger partial charge in [-0.3, -0.25) is 4.98 Å². The van der Waals surface area contributed by atoms with Gasteiger partial charge in [-0.2, -0.15) is 0 Å². The standard InChI is InChI=1S/C12H20N2/c1-4-6-12(3,5-2)10-7-11(13)9-14-8-10/h7-9H,4-6,13H2,1-3H3. The van der Waals surface area contributed by atoms with Crippen LogP contribution in [0.3, 0.4) is 0 Å². The number of nitrogens with two attached hydrogens (primary N) is 1. The lowest BCUT2D eigenvalue weighted by molar-refractivity contribution is 0.413. The zero-order chi connectivity index (χ0) is 10.6. The highest BCUT2D eigenvalue weighted by Crippen LogP contribution is 2.32. The topological polar surface area (TPSA) is 38.9 Å². The van der Waals surface area contributed by atoms with E-state index in [0.29, 0.717) is 0 Å². The molecule has 78 valence electrons. The fourth-order valence-electron chi connectivity index (χ4n) is 1.86. The molecule has 1 heterocycles. The van der Waals surface area contributed by atoms with E-state index in [-0.39, 0.29) is 5.41 Å². The molecule has 1 unspecified atom stereocenters. The van der Waals surface area contributed by atoms with Crippen molar-refractivity contribution in [1.82, 2.24) is 4.98 Å². The lowest BCUT2D eigenvalue weighted by Gasteiger charge is -2.28. The Morgan fingerprint density at radius 2 is 2.07 bits per heavy atom. The Hall–Kier alpha value is -1.05. The monoisotopic (exact) mass is 192 g/mol. The van der Waals surface area contributed by atoms with Gasteiger partial charge < -0.3 is 5.73 Å². The summed E-state index contributed by atoms with van der Waals surface area (Å²) in [5, 5.41) is 0. The Morgan fingerprint density at radius 3 is 2.57 bits per heavy atom. The minimum atomic E-state index is 0.233. The Labute approximate surface area is 86.5 Å². The van der Waals surface area contributed by atoms with Crippen molar-refractivity contribution in [3.63, 3.8) is 0 Å². The molecule has 0 aromatic carbocycles. The van der Waals surface area contributed by atoms with E-state index in [9.17, 15) is 0 Å². The minimum Gasteiger partial charge on any atom is -0.397 e. The average molecular weight is 192 g/mol. The molecule has 2 N–H and O–H groups in total. The lowest BCUT2D eigenvalue weighted by Crippen LogP contribution is -2.20. The first-order valence-electron chi connectivity index (χ1n) is 5.33. The summed E-state index contributed by atoms with van der Waals surface area (Å²) in [6, 6.07) is 2.05. The first-order valence-corrected chi connectivity index (χ1v) is 5.33. The second-order valence-electron chi connectivity index (χ2n) is 4.17. The molecule has 0 amide bonds. The third-order valence-electron chi connectivity index (χ3n) is 3.04. The number of nitrogens with zero attached hydrogens (tertiary/aromatic N) is 1. The van der Waals surface area contributed by atoms with Crippen LogP contribution in [0.1, 0.15) is 45.6 Å². The molecule has 1 rings (SSSR count). The number of anilines is 1. The van der Waals surface area contributed by atoms with Crippen LogP contribution in [-0.4, -0.2) is 4.98 Å². The van der Waals surface area contributed by atoms with Gasteiger partial charge in [-0.15, -0.1) is 0 Å². The zero-order valence-electron chi connectivity index (χ0n) is 9.38. The van der Waals surface area contributed by atoms with Crippen LogP contribution in [0.2, 0.25) is 0 Å². The van der Waals surface area contributed by atoms with E-state index in [1.54, 1.807) is 6.20 Å². The van der Waals surface area contributed by atoms with E-state index in [1.165, 1.54) is 18.4 Å². The van der Waals surface area contributed by atoms with Gasteiger partial charge in [0.25, 0.3) is 0 Å². The highest BCUT2D eigenvalue weighted by Gasteiger charge is 2.23. The van der Waals surface area contributed by atoms with Crippen molar-refractivity contribution in [1.29, 1.82) is 0 Å². The summed E-state index contributed by atoms with van der Waals surface area (Å²) in [6.07, 6.45) is 7.15. The van der Waals surface area contributed by atoms with Crippen molar-refractivity contribution in [2.75, 3.05) is 5.73 Å². The van der Waals surface area contributed by atoms with Gasteiger partial charge in [0.1, 0.15) is 0 Å². The van der Waals surface area contributed by atoms with Crippen LogP contribution in [0.25, 0.3) is 0 Å². The van der Waals surface area contributed by atoms with Crippen LogP contribution < -0.4 is 5.73 Å². The van der Waals surface area contributed by atoms with Gasteiger partial charge in [-0.25, -0.2) is 0 Å². The second-order valence-corrected chi connectivity index (χ2v) is 4.17. The number of hydrogen-bond donors (Lipinski definition) is 1. The van der Waals surface area contributed by atoms with Crippen LogP contribution in [-0.2, 0) is 5.41 Å². The number of pyridine rings is 1. The van der Waals surface area contributed by atoms with Crippen molar-refractivity contribution in [2.24, 2.45) is 0 Å². The molecule has 0 aliphatic heterocycles. The van der Waals surface area contributed by atoms with Gasteiger partial charge in [-0.1, -0.05) is 27.2 Å². The predicted molar refractivity (Wildman–Crippen MR) is 61.2 cm³/mol. The maximum absolute atomic E-state index is 5.74. The van der Waals surface area contributed by atoms with Crippen LogP contribution in [0, 0.1) is 0 Å². The van der Waals surface area contributed by atoms with Crippen molar-refractivity contribution >= 4 is 5.69 Å². The summed E-state index contributed by atoms with van der Waals surface area (Å²) in [7, 11) is 0. The van der Waals surface area contributed by atoms with Crippen molar-refractivity contribution in [2.45, 2.75) is 45.4 Å². The molecule has 0 fully saturated rings. The minimum absolute atomic E-state index is 0.233. The molecule has 1 aromatic heterocycles. The van der Waals surface area contributed by atoms with Crippen LogP contribution in [0.5, 0.6) is 0 Å². The fourth-order valence-corrected chi connectivity index (χ4v) is 1.86. The normalized spacial score (nSPS) is 15.1. The van der Waals surface area contributed by atoms with Gasteiger partial charge >= 0.3 is 0 Å². The van der Waals surface area contributed by atoms with E-state index < -0.39 is 0 Å². The molecule has 14 heavy (non-hydrogen) atoms. The maximum Gasteiger partial charge on any atom is 0.0503 e. The second kappa shape index (κ2) is 4.45. The molecule has 0 bridgehead atoms. The van der Waals surface area contributed by atoms with E-state index in [1.807, 2.05) is 12.3 Å². The fraction of sp³-hybridized carbons (Fsp3) is 0.583. The first-order chi connectivity index (χ1) is 6.62. The van der Waals surface area contributed by atoms with Crippen LogP contribution in [0.15, 0.2) is 18.5 Å². The number of nitrogen functional groups attached to an aromatic ring is 1. The molecule has 2 nitrogen and oxygen atoms in total. The van der Waals surface area contributed by atoms with Gasteiger partial charge in [0, 0.05) is 12.4 Å². The summed E-state index contributed by atoms with van der Waals surface area (Å²) in [5.74, 6) is 0. The molecule has 2 heteroatoms. The molecule has 0 saturated carbocycles. The van der Waals surface area contributed by atoms with Gasteiger partial charge in [0.15, 0.2) is 0 Å². The Bertz CT molecular complexity index is 296. The summed E-state index contributed by atoms with van der Waals surface area (Å²) in [6.45, 7) is 6.72.